The van der Waals surface area contributed by atoms with Gasteiger partial charge in [-0.1, -0.05) is 60.7 Å². The van der Waals surface area contributed by atoms with Crippen LogP contribution in [0.3, 0.4) is 0 Å². The van der Waals surface area contributed by atoms with Gasteiger partial charge >= 0.3 is 0 Å². The third kappa shape index (κ3) is 3.59. The van der Waals surface area contributed by atoms with E-state index in [9.17, 15) is 4.79 Å². The zero-order chi connectivity index (χ0) is 21.2. The molecule has 5 aromatic rings. The normalized spacial score (nSPS) is 11.1. The molecular formula is C25H21N5O. The molecule has 2 aromatic heterocycles. The fraction of sp³-hybridized carbons (Fsp3) is 0.0800. The minimum absolute atomic E-state index is 0.295. The molecule has 0 aliphatic rings. The maximum atomic E-state index is 13.2. The molecule has 152 valence electrons. The number of fused-ring (bicyclic) bond motifs is 2. The van der Waals surface area contributed by atoms with Crippen molar-refractivity contribution >= 4 is 39.6 Å². The number of rotatable bonds is 5. The topological polar surface area (TPSA) is 85.8 Å². The van der Waals surface area contributed by atoms with E-state index in [-0.39, 0.29) is 5.91 Å². The molecule has 5 rings (SSSR count). The number of aromatic nitrogens is 3. The Balaban J connectivity index is 1.62. The Morgan fingerprint density at radius 3 is 2.16 bits per heavy atom. The van der Waals surface area contributed by atoms with Crippen molar-refractivity contribution < 1.29 is 4.79 Å². The van der Waals surface area contributed by atoms with E-state index in [1.807, 2.05) is 77.4 Å². The first kappa shape index (κ1) is 18.8. The van der Waals surface area contributed by atoms with Crippen LogP contribution in [0.4, 0.5) is 11.5 Å². The molecule has 0 aliphatic carbocycles. The first-order valence-electron chi connectivity index (χ1n) is 10.2. The van der Waals surface area contributed by atoms with Crippen molar-refractivity contribution in [3.8, 4) is 0 Å². The SMILES string of the molecule is Nc1c(C(=O)Nc2ccccc2)c2nc3ccccc3nc2n1CCc1ccccc1. The number of anilines is 2. The molecule has 0 unspecified atom stereocenters. The molecule has 0 aliphatic heterocycles. The second-order valence-corrected chi connectivity index (χ2v) is 7.35. The van der Waals surface area contributed by atoms with Gasteiger partial charge in [0.1, 0.15) is 16.9 Å². The molecular weight excluding hydrogens is 386 g/mol. The third-order valence-corrected chi connectivity index (χ3v) is 5.32. The van der Waals surface area contributed by atoms with Gasteiger partial charge in [0.2, 0.25) is 0 Å². The molecule has 0 bridgehead atoms. The van der Waals surface area contributed by atoms with E-state index in [1.54, 1.807) is 0 Å². The average molecular weight is 407 g/mol. The summed E-state index contributed by atoms with van der Waals surface area (Å²) < 4.78 is 1.89. The van der Waals surface area contributed by atoms with Crippen LogP contribution in [0.1, 0.15) is 15.9 Å². The smallest absolute Gasteiger partial charge is 0.261 e. The Kier molecular flexibility index (Phi) is 4.80. The minimum Gasteiger partial charge on any atom is -0.384 e. The summed E-state index contributed by atoms with van der Waals surface area (Å²) in [5, 5.41) is 2.93. The number of nitrogens with one attached hydrogen (secondary N) is 1. The quantitative estimate of drug-likeness (QED) is 0.444. The van der Waals surface area contributed by atoms with Gasteiger partial charge in [-0.15, -0.1) is 0 Å². The molecule has 0 saturated carbocycles. The summed E-state index contributed by atoms with van der Waals surface area (Å²) in [6.07, 6.45) is 0.767. The van der Waals surface area contributed by atoms with Gasteiger partial charge in [-0.05, 0) is 36.2 Å². The standard InChI is InChI=1S/C25H21N5O/c26-23-21(25(31)27-18-11-5-2-6-12-18)22-24(29-20-14-8-7-13-19(20)28-22)30(23)16-15-17-9-3-1-4-10-17/h1-14H,15-16,26H2,(H,27,31). The van der Waals surface area contributed by atoms with Crippen molar-refractivity contribution in [2.75, 3.05) is 11.1 Å². The van der Waals surface area contributed by atoms with Gasteiger partial charge in [-0.25, -0.2) is 9.97 Å². The summed E-state index contributed by atoms with van der Waals surface area (Å²) in [4.78, 5) is 22.8. The maximum Gasteiger partial charge on any atom is 0.261 e. The number of carbonyl (C=O) groups excluding carboxylic acids is 1. The lowest BCUT2D eigenvalue weighted by molar-refractivity contribution is 0.102. The number of carbonyl (C=O) groups is 1. The largest absolute Gasteiger partial charge is 0.384 e. The van der Waals surface area contributed by atoms with Crippen LogP contribution < -0.4 is 11.1 Å². The first-order chi connectivity index (χ1) is 15.2. The summed E-state index contributed by atoms with van der Waals surface area (Å²) in [7, 11) is 0. The van der Waals surface area contributed by atoms with Gasteiger partial charge in [0.05, 0.1) is 11.0 Å². The number of aryl methyl sites for hydroxylation is 2. The number of nitrogens with zero attached hydrogens (tertiary/aromatic N) is 3. The van der Waals surface area contributed by atoms with Gasteiger partial charge in [-0.2, -0.15) is 0 Å². The second kappa shape index (κ2) is 7.91. The monoisotopic (exact) mass is 407 g/mol. The highest BCUT2D eigenvalue weighted by atomic mass is 16.1. The van der Waals surface area contributed by atoms with Crippen LogP contribution in [-0.4, -0.2) is 20.4 Å². The number of nitrogen functional groups attached to an aromatic ring is 1. The molecule has 6 heteroatoms. The van der Waals surface area contributed by atoms with Crippen molar-refractivity contribution in [3.63, 3.8) is 0 Å². The summed E-state index contributed by atoms with van der Waals surface area (Å²) in [5.74, 6) is 0.0754. The van der Waals surface area contributed by atoms with E-state index < -0.39 is 0 Å². The van der Waals surface area contributed by atoms with Crippen molar-refractivity contribution in [2.45, 2.75) is 13.0 Å². The lowest BCUT2D eigenvalue weighted by atomic mass is 10.1. The molecule has 0 atom stereocenters. The first-order valence-corrected chi connectivity index (χ1v) is 10.2. The van der Waals surface area contributed by atoms with Crippen LogP contribution in [-0.2, 0) is 13.0 Å². The summed E-state index contributed by atoms with van der Waals surface area (Å²) in [5.41, 5.74) is 11.4. The van der Waals surface area contributed by atoms with Crippen LogP contribution in [0, 0.1) is 0 Å². The average Bonchev–Trinajstić information content (AvgIpc) is 3.07. The molecule has 3 N–H and O–H groups in total. The predicted molar refractivity (Wildman–Crippen MR) is 124 cm³/mol. The van der Waals surface area contributed by atoms with Gasteiger partial charge in [0.25, 0.3) is 5.91 Å². The Morgan fingerprint density at radius 1 is 0.839 bits per heavy atom. The highest BCUT2D eigenvalue weighted by Crippen LogP contribution is 2.29. The lowest BCUT2D eigenvalue weighted by Gasteiger charge is -2.08. The van der Waals surface area contributed by atoms with E-state index >= 15 is 0 Å². The van der Waals surface area contributed by atoms with Crippen LogP contribution in [0.2, 0.25) is 0 Å². The Morgan fingerprint density at radius 2 is 1.45 bits per heavy atom. The van der Waals surface area contributed by atoms with Crippen molar-refractivity contribution in [2.24, 2.45) is 0 Å². The molecule has 0 radical (unpaired) electrons. The van der Waals surface area contributed by atoms with Crippen molar-refractivity contribution in [3.05, 3.63) is 96.1 Å². The molecule has 0 spiro atoms. The molecule has 31 heavy (non-hydrogen) atoms. The van der Waals surface area contributed by atoms with Gasteiger partial charge in [-0.3, -0.25) is 4.79 Å². The van der Waals surface area contributed by atoms with E-state index in [0.717, 1.165) is 17.5 Å². The number of hydrogen-bond donors (Lipinski definition) is 2. The highest BCUT2D eigenvalue weighted by Gasteiger charge is 2.24. The zero-order valence-electron chi connectivity index (χ0n) is 16.8. The number of para-hydroxylation sites is 3. The summed E-state index contributed by atoms with van der Waals surface area (Å²) in [6.45, 7) is 0.595. The van der Waals surface area contributed by atoms with Gasteiger partial charge in [0, 0.05) is 12.2 Å². The Labute approximate surface area is 179 Å². The predicted octanol–water partition coefficient (Wildman–Crippen LogP) is 4.66. The van der Waals surface area contributed by atoms with Crippen LogP contribution in [0.15, 0.2) is 84.9 Å². The fourth-order valence-corrected chi connectivity index (χ4v) is 3.77. The van der Waals surface area contributed by atoms with Crippen LogP contribution in [0.5, 0.6) is 0 Å². The van der Waals surface area contributed by atoms with E-state index in [0.29, 0.717) is 34.8 Å². The van der Waals surface area contributed by atoms with E-state index in [1.165, 1.54) is 5.56 Å². The molecule has 3 aromatic carbocycles. The van der Waals surface area contributed by atoms with Crippen molar-refractivity contribution in [1.29, 1.82) is 0 Å². The summed E-state index contributed by atoms with van der Waals surface area (Å²) >= 11 is 0. The molecule has 2 heterocycles. The van der Waals surface area contributed by atoms with E-state index in [2.05, 4.69) is 17.4 Å². The lowest BCUT2D eigenvalue weighted by Crippen LogP contribution is -2.15. The molecule has 6 nitrogen and oxygen atoms in total. The molecule has 0 fully saturated rings. The van der Waals surface area contributed by atoms with Gasteiger partial charge in [0.15, 0.2) is 5.65 Å². The Hall–Kier alpha value is -4.19. The maximum absolute atomic E-state index is 13.2. The number of nitrogens with two attached hydrogens (primary N) is 1. The van der Waals surface area contributed by atoms with Crippen LogP contribution in [0.25, 0.3) is 22.2 Å². The van der Waals surface area contributed by atoms with Crippen molar-refractivity contribution in [1.82, 2.24) is 14.5 Å². The summed E-state index contributed by atoms with van der Waals surface area (Å²) in [6, 6.07) is 27.1. The number of amides is 1. The molecule has 1 amide bonds. The third-order valence-electron chi connectivity index (χ3n) is 5.32. The van der Waals surface area contributed by atoms with Gasteiger partial charge < -0.3 is 15.6 Å². The minimum atomic E-state index is -0.295. The Bertz CT molecular complexity index is 1380. The fourth-order valence-electron chi connectivity index (χ4n) is 3.77. The zero-order valence-corrected chi connectivity index (χ0v) is 16.8. The van der Waals surface area contributed by atoms with E-state index in [4.69, 9.17) is 15.7 Å². The molecule has 0 saturated heterocycles. The second-order valence-electron chi connectivity index (χ2n) is 7.35. The van der Waals surface area contributed by atoms with Crippen LogP contribution >= 0.6 is 0 Å². The highest BCUT2D eigenvalue weighted by molar-refractivity contribution is 6.16. The number of benzene rings is 3. The number of hydrogen-bond acceptors (Lipinski definition) is 4.